The van der Waals surface area contributed by atoms with Gasteiger partial charge in [-0.25, -0.2) is 4.98 Å². The van der Waals surface area contributed by atoms with Gasteiger partial charge in [-0.05, 0) is 44.4 Å². The van der Waals surface area contributed by atoms with Crippen molar-refractivity contribution in [3.05, 3.63) is 65.0 Å². The van der Waals surface area contributed by atoms with E-state index in [4.69, 9.17) is 4.74 Å². The normalized spacial score (nSPS) is 16.1. The number of aromatic nitrogens is 4. The number of carbonyl (C=O) groups is 2. The van der Waals surface area contributed by atoms with Crippen LogP contribution in [0.25, 0.3) is 0 Å². The molecular weight excluding hydrogens is 420 g/mol. The van der Waals surface area contributed by atoms with Crippen LogP contribution in [0.1, 0.15) is 34.8 Å². The Kier molecular flexibility index (Phi) is 6.88. The highest BCUT2D eigenvalue weighted by atomic mass is 16.5. The van der Waals surface area contributed by atoms with E-state index in [-0.39, 0.29) is 18.4 Å². The number of benzene rings is 1. The zero-order chi connectivity index (χ0) is 23.4. The second kappa shape index (κ2) is 9.99. The van der Waals surface area contributed by atoms with Crippen LogP contribution < -0.4 is 5.32 Å². The zero-order valence-corrected chi connectivity index (χ0v) is 19.3. The van der Waals surface area contributed by atoms with Gasteiger partial charge >= 0.3 is 0 Å². The molecule has 1 fully saturated rings. The minimum Gasteiger partial charge on any atom is -0.365 e. The summed E-state index contributed by atoms with van der Waals surface area (Å²) in [5.41, 5.74) is 4.69. The van der Waals surface area contributed by atoms with Gasteiger partial charge in [-0.3, -0.25) is 14.7 Å². The summed E-state index contributed by atoms with van der Waals surface area (Å²) in [6, 6.07) is 7.68. The van der Waals surface area contributed by atoms with Crippen LogP contribution in [0.2, 0.25) is 0 Å². The van der Waals surface area contributed by atoms with Crippen LogP contribution in [0.3, 0.4) is 0 Å². The summed E-state index contributed by atoms with van der Waals surface area (Å²) in [6.07, 6.45) is 3.97. The third-order valence-corrected chi connectivity index (χ3v) is 6.12. The molecule has 9 nitrogen and oxygen atoms in total. The predicted molar refractivity (Wildman–Crippen MR) is 124 cm³/mol. The quantitative estimate of drug-likeness (QED) is 0.575. The minimum atomic E-state index is -0.705. The van der Waals surface area contributed by atoms with E-state index < -0.39 is 6.10 Å². The Morgan fingerprint density at radius 1 is 1.24 bits per heavy atom. The third kappa shape index (κ3) is 5.31. The molecule has 1 aliphatic heterocycles. The summed E-state index contributed by atoms with van der Waals surface area (Å²) in [5, 5.41) is 10.1. The third-order valence-electron chi connectivity index (χ3n) is 6.12. The maximum absolute atomic E-state index is 13.0. The number of morpholine rings is 1. The van der Waals surface area contributed by atoms with Gasteiger partial charge in [-0.15, -0.1) is 0 Å². The second-order valence-corrected chi connectivity index (χ2v) is 8.36. The van der Waals surface area contributed by atoms with Crippen molar-refractivity contribution < 1.29 is 14.3 Å². The Hall–Kier alpha value is -3.46. The highest BCUT2D eigenvalue weighted by Gasteiger charge is 2.29. The van der Waals surface area contributed by atoms with Crippen molar-refractivity contribution in [1.82, 2.24) is 24.6 Å². The lowest BCUT2D eigenvalue weighted by molar-refractivity contribution is -0.144. The minimum absolute atomic E-state index is 0.0204. The molecular formula is C24H30N6O3. The molecule has 0 spiro atoms. The van der Waals surface area contributed by atoms with Crippen molar-refractivity contribution in [3.8, 4) is 0 Å². The molecule has 3 heterocycles. The smallest absolute Gasteiger partial charge is 0.255 e. The number of carbonyl (C=O) groups excluding carboxylic acids is 2. The van der Waals surface area contributed by atoms with Gasteiger partial charge in [-0.1, -0.05) is 18.2 Å². The lowest BCUT2D eigenvalue weighted by Crippen LogP contribution is -2.50. The average molecular weight is 451 g/mol. The lowest BCUT2D eigenvalue weighted by Gasteiger charge is -2.32. The fraction of sp³-hybridized carbons (Fsp3) is 0.417. The monoisotopic (exact) mass is 450 g/mol. The number of aromatic amines is 1. The van der Waals surface area contributed by atoms with E-state index in [1.807, 2.05) is 55.8 Å². The number of rotatable bonds is 7. The molecule has 33 heavy (non-hydrogen) atoms. The fourth-order valence-electron chi connectivity index (χ4n) is 4.11. The van der Waals surface area contributed by atoms with E-state index in [0.717, 1.165) is 34.0 Å². The number of anilines is 1. The van der Waals surface area contributed by atoms with Gasteiger partial charge in [0.1, 0.15) is 5.82 Å². The van der Waals surface area contributed by atoms with Crippen molar-refractivity contribution in [1.29, 1.82) is 0 Å². The van der Waals surface area contributed by atoms with Gasteiger partial charge in [0.25, 0.3) is 5.91 Å². The van der Waals surface area contributed by atoms with E-state index in [1.165, 1.54) is 0 Å². The molecule has 3 aromatic rings. The standard InChI is InChI=1S/C24H30N6O3/c1-16-20(17(2)28-27-16)8-9-23(31)30-12-13-33-22(15-30)24(32)26-21-7-5-4-6-19(21)14-29-11-10-25-18(29)3/h4-7,10-11,22H,8-9,12-15H2,1-3H3,(H,26,32)(H,27,28). The Bertz CT molecular complexity index is 1120. The maximum Gasteiger partial charge on any atom is 0.255 e. The number of ether oxygens (including phenoxy) is 1. The molecule has 0 saturated carbocycles. The number of para-hydroxylation sites is 1. The average Bonchev–Trinajstić information content (AvgIpc) is 3.37. The molecule has 1 aliphatic rings. The molecule has 1 atom stereocenters. The van der Waals surface area contributed by atoms with Gasteiger partial charge in [0.15, 0.2) is 6.10 Å². The van der Waals surface area contributed by atoms with Crippen LogP contribution in [0.5, 0.6) is 0 Å². The molecule has 2 aromatic heterocycles. The topological polar surface area (TPSA) is 105 Å². The summed E-state index contributed by atoms with van der Waals surface area (Å²) < 4.78 is 7.73. The van der Waals surface area contributed by atoms with Crippen LogP contribution in [-0.2, 0) is 27.3 Å². The number of H-pyrrole nitrogens is 1. The van der Waals surface area contributed by atoms with Gasteiger partial charge in [0.05, 0.1) is 25.4 Å². The molecule has 2 amide bonds. The van der Waals surface area contributed by atoms with Crippen molar-refractivity contribution in [2.24, 2.45) is 0 Å². The molecule has 2 N–H and O–H groups in total. The predicted octanol–water partition coefficient (Wildman–Crippen LogP) is 2.38. The van der Waals surface area contributed by atoms with Crippen molar-refractivity contribution >= 4 is 17.5 Å². The molecule has 0 aliphatic carbocycles. The van der Waals surface area contributed by atoms with Crippen molar-refractivity contribution in [2.75, 3.05) is 25.0 Å². The first-order valence-electron chi connectivity index (χ1n) is 11.2. The first kappa shape index (κ1) is 22.7. The number of hydrogen-bond acceptors (Lipinski definition) is 5. The van der Waals surface area contributed by atoms with E-state index in [1.54, 1.807) is 11.1 Å². The molecule has 4 rings (SSSR count). The largest absolute Gasteiger partial charge is 0.365 e. The summed E-state index contributed by atoms with van der Waals surface area (Å²) in [4.78, 5) is 31.8. The highest BCUT2D eigenvalue weighted by Crippen LogP contribution is 2.19. The number of nitrogens with zero attached hydrogens (tertiary/aromatic N) is 4. The highest BCUT2D eigenvalue weighted by molar-refractivity contribution is 5.95. The Morgan fingerprint density at radius 3 is 2.79 bits per heavy atom. The van der Waals surface area contributed by atoms with Gasteiger partial charge in [0.2, 0.25) is 5.91 Å². The van der Waals surface area contributed by atoms with Gasteiger partial charge < -0.3 is 19.5 Å². The molecule has 0 radical (unpaired) electrons. The SMILES string of the molecule is Cc1n[nH]c(C)c1CCC(=O)N1CCOC(C(=O)Nc2ccccc2Cn2ccnc2C)C1. The first-order valence-corrected chi connectivity index (χ1v) is 11.2. The van der Waals surface area contributed by atoms with Gasteiger partial charge in [0, 0.05) is 36.7 Å². The summed E-state index contributed by atoms with van der Waals surface area (Å²) in [6.45, 7) is 7.51. The number of aryl methyl sites for hydroxylation is 3. The summed E-state index contributed by atoms with van der Waals surface area (Å²) >= 11 is 0. The Labute approximate surface area is 193 Å². The number of amides is 2. The van der Waals surface area contributed by atoms with E-state index in [9.17, 15) is 9.59 Å². The van der Waals surface area contributed by atoms with Gasteiger partial charge in [-0.2, -0.15) is 5.10 Å². The van der Waals surface area contributed by atoms with Crippen LogP contribution in [0.4, 0.5) is 5.69 Å². The van der Waals surface area contributed by atoms with E-state index in [0.29, 0.717) is 32.5 Å². The van der Waals surface area contributed by atoms with Crippen LogP contribution in [0.15, 0.2) is 36.7 Å². The second-order valence-electron chi connectivity index (χ2n) is 8.36. The lowest BCUT2D eigenvalue weighted by atomic mass is 10.1. The summed E-state index contributed by atoms with van der Waals surface area (Å²) in [7, 11) is 0. The molecule has 9 heteroatoms. The maximum atomic E-state index is 13.0. The summed E-state index contributed by atoms with van der Waals surface area (Å²) in [5.74, 6) is 0.678. The van der Waals surface area contributed by atoms with Crippen molar-refractivity contribution in [3.63, 3.8) is 0 Å². The fourth-order valence-corrected chi connectivity index (χ4v) is 4.11. The number of hydrogen-bond donors (Lipinski definition) is 2. The molecule has 174 valence electrons. The first-order chi connectivity index (χ1) is 15.9. The molecule has 1 saturated heterocycles. The van der Waals surface area contributed by atoms with E-state index >= 15 is 0 Å². The molecule has 0 bridgehead atoms. The van der Waals surface area contributed by atoms with Crippen LogP contribution in [0, 0.1) is 20.8 Å². The molecule has 1 aromatic carbocycles. The zero-order valence-electron chi connectivity index (χ0n) is 19.3. The number of imidazole rings is 1. The van der Waals surface area contributed by atoms with Crippen LogP contribution >= 0.6 is 0 Å². The van der Waals surface area contributed by atoms with Crippen molar-refractivity contribution in [2.45, 2.75) is 46.3 Å². The number of nitrogens with one attached hydrogen (secondary N) is 2. The Morgan fingerprint density at radius 2 is 2.06 bits per heavy atom. The Balaban J connectivity index is 1.36. The van der Waals surface area contributed by atoms with E-state index in [2.05, 4.69) is 20.5 Å². The molecule has 1 unspecified atom stereocenters. The van der Waals surface area contributed by atoms with Crippen LogP contribution in [-0.4, -0.2) is 62.3 Å².